The van der Waals surface area contributed by atoms with Crippen LogP contribution in [0.4, 0.5) is 0 Å². The minimum atomic E-state index is -1.34. The van der Waals surface area contributed by atoms with Gasteiger partial charge in [-0.2, -0.15) is 0 Å². The van der Waals surface area contributed by atoms with Gasteiger partial charge < -0.3 is 35.7 Å². The second-order valence-corrected chi connectivity index (χ2v) is 7.75. The number of carboxylic acid groups (broad SMARTS) is 1. The monoisotopic (exact) mass is 436 g/mol. The van der Waals surface area contributed by atoms with Crippen molar-refractivity contribution in [3.05, 3.63) is 28.1 Å². The van der Waals surface area contributed by atoms with Gasteiger partial charge in [0.25, 0.3) is 5.56 Å². The normalized spacial score (nSPS) is 25.0. The maximum Gasteiger partial charge on any atom is 0.287 e. The van der Waals surface area contributed by atoms with Crippen molar-refractivity contribution in [2.75, 3.05) is 6.61 Å². The second kappa shape index (κ2) is 7.69. The Bertz CT molecular complexity index is 1210. The summed E-state index contributed by atoms with van der Waals surface area (Å²) in [6.07, 6.45) is -2.92. The van der Waals surface area contributed by atoms with E-state index in [2.05, 4.69) is 15.7 Å². The van der Waals surface area contributed by atoms with Crippen LogP contribution < -0.4 is 16.4 Å². The van der Waals surface area contributed by atoms with Gasteiger partial charge in [-0.1, -0.05) is 0 Å². The Morgan fingerprint density at radius 3 is 2.71 bits per heavy atom. The van der Waals surface area contributed by atoms with E-state index in [9.17, 15) is 30.0 Å². The molecule has 13 heteroatoms. The summed E-state index contributed by atoms with van der Waals surface area (Å²) in [5.41, 5.74) is 4.59. The number of aliphatic hydroxyl groups is 3. The molecule has 6 N–H and O–H groups in total. The van der Waals surface area contributed by atoms with Crippen molar-refractivity contribution in [3.8, 4) is 0 Å². The molecule has 0 aromatic carbocycles. The first-order valence-corrected chi connectivity index (χ1v) is 9.77. The molecular weight excluding hydrogens is 412 g/mol. The molecule has 13 nitrogen and oxygen atoms in total. The quantitative estimate of drug-likeness (QED) is 0.295. The molecule has 5 atom stereocenters. The summed E-state index contributed by atoms with van der Waals surface area (Å²) in [4.78, 5) is 32.9. The van der Waals surface area contributed by atoms with Crippen LogP contribution in [0.1, 0.15) is 24.0 Å². The summed E-state index contributed by atoms with van der Waals surface area (Å²) >= 11 is 0. The molecular formula is C18H24N6O7. The standard InChI is InChI=1S/C18H24N6O7/c1-7-9(4-3-8(19)17(29)30)24-15(28)11-14(22(2)18(24)21-7)23(6-20-11)16-13(27)12(26)10(5-25)31-16/h6,8,10,12-13,16,25-27H,3-5,19H2,1-2H3,(H,29,30)/t8-,10+,12+,13+,16+/m0/s1. The Morgan fingerprint density at radius 1 is 1.39 bits per heavy atom. The number of carbonyl (C=O) groups excluding carboxylic acids is 1. The Morgan fingerprint density at radius 2 is 2.10 bits per heavy atom. The summed E-state index contributed by atoms with van der Waals surface area (Å²) < 4.78 is 9.99. The van der Waals surface area contributed by atoms with Crippen LogP contribution in [0.15, 0.2) is 11.1 Å². The number of carbonyl (C=O) groups is 1. The van der Waals surface area contributed by atoms with Crippen LogP contribution in [-0.4, -0.2) is 75.8 Å². The van der Waals surface area contributed by atoms with E-state index in [-0.39, 0.29) is 18.4 Å². The number of hydrogen-bond donors (Lipinski definition) is 4. The maximum atomic E-state index is 13.2. The molecule has 4 heterocycles. The number of hydrogen-bond acceptors (Lipinski definition) is 9. The van der Waals surface area contributed by atoms with E-state index in [4.69, 9.17) is 4.74 Å². The Labute approximate surface area is 174 Å². The molecule has 1 aliphatic heterocycles. The molecule has 1 fully saturated rings. The summed E-state index contributed by atoms with van der Waals surface area (Å²) in [5, 5.41) is 40.8. The third-order valence-electron chi connectivity index (χ3n) is 5.80. The molecule has 3 aromatic rings. The molecule has 0 amide bonds. The van der Waals surface area contributed by atoms with Crippen molar-refractivity contribution in [1.82, 2.24) is 23.5 Å². The molecule has 0 aliphatic carbocycles. The number of aliphatic carboxylic acids is 1. The lowest BCUT2D eigenvalue weighted by Crippen LogP contribution is -2.68. The largest absolute Gasteiger partial charge is 0.544 e. The zero-order valence-corrected chi connectivity index (χ0v) is 17.0. The van der Waals surface area contributed by atoms with Crippen LogP contribution in [-0.2, 0) is 23.0 Å². The predicted octanol–water partition coefficient (Wildman–Crippen LogP) is -4.40. The number of aliphatic hydroxyl groups excluding tert-OH is 3. The summed E-state index contributed by atoms with van der Waals surface area (Å²) in [6, 6.07) is -0.927. The number of ether oxygens (including phenoxy) is 1. The van der Waals surface area contributed by atoms with Gasteiger partial charge in [0, 0.05) is 13.5 Å². The molecule has 168 valence electrons. The predicted molar refractivity (Wildman–Crippen MR) is 101 cm³/mol. The molecule has 1 saturated heterocycles. The Balaban J connectivity index is 1.85. The van der Waals surface area contributed by atoms with Gasteiger partial charge in [0.05, 0.1) is 30.3 Å². The second-order valence-electron chi connectivity index (χ2n) is 7.75. The van der Waals surface area contributed by atoms with Crippen LogP contribution in [0.5, 0.6) is 0 Å². The smallest absolute Gasteiger partial charge is 0.287 e. The van der Waals surface area contributed by atoms with Gasteiger partial charge in [0.1, 0.15) is 24.4 Å². The topological polar surface area (TPSA) is 195 Å². The van der Waals surface area contributed by atoms with Crippen molar-refractivity contribution >= 4 is 22.9 Å². The van der Waals surface area contributed by atoms with Crippen molar-refractivity contribution in [2.45, 2.75) is 50.3 Å². The third-order valence-corrected chi connectivity index (χ3v) is 5.80. The lowest BCUT2D eigenvalue weighted by Gasteiger charge is -2.18. The average molecular weight is 436 g/mol. The summed E-state index contributed by atoms with van der Waals surface area (Å²) in [6.45, 7) is 1.24. The summed E-state index contributed by atoms with van der Waals surface area (Å²) in [7, 11) is 1.66. The van der Waals surface area contributed by atoms with Gasteiger partial charge in [-0.25, -0.2) is 14.4 Å². The van der Waals surface area contributed by atoms with Crippen molar-refractivity contribution < 1.29 is 35.7 Å². The van der Waals surface area contributed by atoms with Crippen LogP contribution in [0, 0.1) is 6.92 Å². The highest BCUT2D eigenvalue weighted by molar-refractivity contribution is 5.73. The van der Waals surface area contributed by atoms with Crippen LogP contribution >= 0.6 is 0 Å². The highest BCUT2D eigenvalue weighted by Crippen LogP contribution is 2.31. The van der Waals surface area contributed by atoms with Gasteiger partial charge in [0.15, 0.2) is 17.4 Å². The molecule has 1 aliphatic rings. The van der Waals surface area contributed by atoms with E-state index in [1.54, 1.807) is 18.5 Å². The highest BCUT2D eigenvalue weighted by atomic mass is 16.6. The number of quaternary nitrogens is 1. The SMILES string of the molecule is Cc1nc2n(C)c3c(ncn3[C@@H]3O[C@H](CO)[C@@H](O)[C@H]3O)c(=O)n2c1CC[C@H]([NH3+])C(=O)[O-]. The number of aryl methyl sites for hydroxylation is 3. The number of imidazole rings is 2. The van der Waals surface area contributed by atoms with Crippen LogP contribution in [0.2, 0.25) is 0 Å². The zero-order chi connectivity index (χ0) is 22.6. The van der Waals surface area contributed by atoms with Crippen LogP contribution in [0.25, 0.3) is 16.9 Å². The van der Waals surface area contributed by atoms with Crippen molar-refractivity contribution in [3.63, 3.8) is 0 Å². The van der Waals surface area contributed by atoms with Gasteiger partial charge in [-0.3, -0.25) is 13.9 Å². The number of carboxylic acids is 1. The first-order valence-electron chi connectivity index (χ1n) is 9.77. The minimum Gasteiger partial charge on any atom is -0.544 e. The van der Waals surface area contributed by atoms with E-state index in [0.717, 1.165) is 0 Å². The third kappa shape index (κ3) is 3.21. The van der Waals surface area contributed by atoms with Crippen molar-refractivity contribution in [2.24, 2.45) is 7.05 Å². The molecule has 31 heavy (non-hydrogen) atoms. The van der Waals surface area contributed by atoms with E-state index in [1.165, 1.54) is 15.3 Å². The Kier molecular flexibility index (Phi) is 5.31. The number of fused-ring (bicyclic) bond motifs is 2. The Hall–Kier alpha value is -2.84. The molecule has 0 saturated carbocycles. The lowest BCUT2D eigenvalue weighted by molar-refractivity contribution is -0.438. The first kappa shape index (κ1) is 21.4. The van der Waals surface area contributed by atoms with E-state index >= 15 is 0 Å². The molecule has 0 radical (unpaired) electrons. The molecule has 3 aromatic heterocycles. The molecule has 4 rings (SSSR count). The lowest BCUT2D eigenvalue weighted by atomic mass is 10.1. The van der Waals surface area contributed by atoms with E-state index in [1.807, 2.05) is 0 Å². The fourth-order valence-corrected chi connectivity index (χ4v) is 4.04. The maximum absolute atomic E-state index is 13.2. The number of rotatable bonds is 6. The number of aromatic nitrogens is 5. The van der Waals surface area contributed by atoms with E-state index < -0.39 is 48.7 Å². The van der Waals surface area contributed by atoms with Gasteiger partial charge in [-0.15, -0.1) is 0 Å². The fourth-order valence-electron chi connectivity index (χ4n) is 4.04. The molecule has 0 spiro atoms. The van der Waals surface area contributed by atoms with Gasteiger partial charge in [-0.05, 0) is 13.3 Å². The highest BCUT2D eigenvalue weighted by Gasteiger charge is 2.44. The molecule has 0 unspecified atom stereocenters. The molecule has 0 bridgehead atoms. The van der Waals surface area contributed by atoms with Crippen LogP contribution in [0.3, 0.4) is 0 Å². The van der Waals surface area contributed by atoms with Gasteiger partial charge >= 0.3 is 0 Å². The minimum absolute atomic E-state index is 0.0810. The first-order chi connectivity index (χ1) is 14.7. The van der Waals surface area contributed by atoms with E-state index in [0.29, 0.717) is 22.8 Å². The average Bonchev–Trinajstić information content (AvgIpc) is 3.39. The van der Waals surface area contributed by atoms with Gasteiger partial charge in [0.2, 0.25) is 5.78 Å². The summed E-state index contributed by atoms with van der Waals surface area (Å²) in [5.74, 6) is -0.966. The van der Waals surface area contributed by atoms with Crippen molar-refractivity contribution in [1.29, 1.82) is 0 Å². The zero-order valence-electron chi connectivity index (χ0n) is 17.0. The fraction of sp³-hybridized carbons (Fsp3) is 0.556. The number of nitrogens with zero attached hydrogens (tertiary/aromatic N) is 5.